The van der Waals surface area contributed by atoms with Crippen LogP contribution in [0.2, 0.25) is 0 Å². The Balaban J connectivity index is 0.000000249. The summed E-state index contributed by atoms with van der Waals surface area (Å²) in [6, 6.07) is 32.3. The molecule has 2 fully saturated rings. The predicted molar refractivity (Wildman–Crippen MR) is 292 cm³/mol. The van der Waals surface area contributed by atoms with Gasteiger partial charge >= 0.3 is 35.5 Å². The summed E-state index contributed by atoms with van der Waals surface area (Å²) >= 11 is 0. The van der Waals surface area contributed by atoms with E-state index in [2.05, 4.69) is 33.8 Å². The molecule has 0 aliphatic carbocycles. The third-order valence-electron chi connectivity index (χ3n) is 13.5. The van der Waals surface area contributed by atoms with E-state index in [4.69, 9.17) is 42.6 Å². The van der Waals surface area contributed by atoms with E-state index in [1.165, 1.54) is 13.2 Å². The summed E-state index contributed by atoms with van der Waals surface area (Å²) < 4.78 is 52.4. The minimum absolute atomic E-state index is 0. The molecule has 6 aromatic rings. The van der Waals surface area contributed by atoms with Crippen LogP contribution in [0.1, 0.15) is 132 Å². The van der Waals surface area contributed by atoms with Gasteiger partial charge < -0.3 is 62.7 Å². The number of phenols is 2. The summed E-state index contributed by atoms with van der Waals surface area (Å²) in [5, 5.41) is 32.7. The Morgan fingerprint density at radius 2 is 0.936 bits per heavy atom. The first-order valence-electron chi connectivity index (χ1n) is 27.0. The topological polar surface area (TPSA) is 181 Å². The van der Waals surface area contributed by atoms with Gasteiger partial charge in [0.25, 0.3) is 0 Å². The number of esters is 1. The number of ether oxygens (including phenoxy) is 9. The second-order valence-corrected chi connectivity index (χ2v) is 18.9. The zero-order chi connectivity index (χ0) is 54.5. The Morgan fingerprint density at radius 3 is 1.33 bits per heavy atom. The van der Waals surface area contributed by atoms with Crippen LogP contribution < -0.4 is 63.1 Å². The van der Waals surface area contributed by atoms with Crippen LogP contribution in [0.4, 0.5) is 0 Å². The minimum atomic E-state index is -1.29. The van der Waals surface area contributed by atoms with Crippen molar-refractivity contribution in [2.75, 3.05) is 60.0 Å². The molecule has 2 saturated heterocycles. The Hall–Kier alpha value is -6.42. The van der Waals surface area contributed by atoms with Gasteiger partial charge in [-0.3, -0.25) is 0 Å². The number of aryl methyl sites for hydroxylation is 2. The molecule has 78 heavy (non-hydrogen) atoms. The molecule has 6 aromatic carbocycles. The monoisotopic (exact) mass is 1080 g/mol. The van der Waals surface area contributed by atoms with Gasteiger partial charge in [-0.2, -0.15) is 0 Å². The molecule has 410 valence electrons. The number of hydrogen-bond donors (Lipinski definition) is 2. The Bertz CT molecular complexity index is 2870. The molecule has 8 rings (SSSR count). The largest absolute Gasteiger partial charge is 1.00 e. The summed E-state index contributed by atoms with van der Waals surface area (Å²) in [4.78, 5) is 23.7. The van der Waals surface area contributed by atoms with Crippen molar-refractivity contribution in [2.24, 2.45) is 0 Å². The van der Waals surface area contributed by atoms with Gasteiger partial charge in [-0.15, -0.1) is 0 Å². The Labute approximate surface area is 481 Å². The molecule has 2 aliphatic rings. The van der Waals surface area contributed by atoms with Crippen molar-refractivity contribution >= 4 is 11.9 Å². The van der Waals surface area contributed by atoms with Crippen LogP contribution in [0, 0.1) is 0 Å². The third kappa shape index (κ3) is 16.3. The average molecular weight is 1080 g/mol. The average Bonchev–Trinajstić information content (AvgIpc) is 4.20. The van der Waals surface area contributed by atoms with E-state index in [0.29, 0.717) is 99.0 Å². The number of carbonyl (C=O) groups excluding carboxylic acids is 2. The number of phenolic OH excluding ortho intramolecular Hbond substituents is 2. The van der Waals surface area contributed by atoms with Crippen LogP contribution in [-0.4, -0.2) is 82.1 Å². The fourth-order valence-electron chi connectivity index (χ4n) is 9.49. The first-order valence-corrected chi connectivity index (χ1v) is 27.0. The maximum atomic E-state index is 12.2. The van der Waals surface area contributed by atoms with E-state index < -0.39 is 11.9 Å². The van der Waals surface area contributed by atoms with Crippen LogP contribution in [-0.2, 0) is 39.9 Å². The third-order valence-corrected chi connectivity index (χ3v) is 13.5. The van der Waals surface area contributed by atoms with E-state index in [9.17, 15) is 24.9 Å². The second kappa shape index (κ2) is 31.2. The van der Waals surface area contributed by atoms with Gasteiger partial charge in [-0.25, -0.2) is 4.79 Å². The fraction of sp³-hybridized carbons (Fsp3) is 0.397. The SMILES string of the molecule is CCCc1c(OCCCOc2cc(O)c(C3CCOC3)cc2CC)cccc1Oc1ccccc1C(=O)OC.CCCc1c(OCCCOc2cc(O)c(C3CCOC3)cc2CC)cccc1Oc1ccccc1C(=O)[O-].[Na+]. The first-order chi connectivity index (χ1) is 37.6. The molecule has 2 atom stereocenters. The molecule has 2 aliphatic heterocycles. The van der Waals surface area contributed by atoms with Crippen molar-refractivity contribution in [2.45, 2.75) is 104 Å². The minimum Gasteiger partial charge on any atom is -0.545 e. The van der Waals surface area contributed by atoms with Crippen LogP contribution in [0.15, 0.2) is 109 Å². The molecule has 2 N–H and O–H groups in total. The number of methoxy groups -OCH3 is 1. The summed E-state index contributed by atoms with van der Waals surface area (Å²) in [5.74, 6) is 4.00. The van der Waals surface area contributed by atoms with Gasteiger partial charge in [0, 0.05) is 66.7 Å². The van der Waals surface area contributed by atoms with E-state index in [1.807, 2.05) is 48.5 Å². The molecule has 0 saturated carbocycles. The van der Waals surface area contributed by atoms with Gasteiger partial charge in [0.2, 0.25) is 0 Å². The van der Waals surface area contributed by atoms with E-state index in [1.54, 1.807) is 48.5 Å². The summed E-state index contributed by atoms with van der Waals surface area (Å²) in [7, 11) is 1.35. The standard InChI is InChI=1S/C32H38O7.C31H36O7.Na/c1-4-10-24-28(13-8-14-29(24)39-30-12-7-6-11-25(30)32(34)35-3)37-16-9-17-38-31-20-27(33)26(19-22(31)5-2)23-15-18-36-21-23;1-3-9-23-27(12-7-13-28(23)38-29-11-6-5-10-24(29)31(33)34)36-15-8-16-37-30-19-26(32)25(18-21(30)4-2)22-14-17-35-20-22;/h6-8,11-14,19-20,23,33H,4-5,9-10,15-18,21H2,1-3H3;5-7,10-13,18-19,22,32H,3-4,8-9,14-17,20H2,1-2H3,(H,33,34);/q;;+1/p-1. The van der Waals surface area contributed by atoms with E-state index in [0.717, 1.165) is 97.3 Å². The first kappa shape index (κ1) is 60.8. The number of carboxylic acids is 1. The molecule has 0 radical (unpaired) electrons. The number of aromatic carboxylic acids is 1. The number of hydrogen-bond acceptors (Lipinski definition) is 14. The number of carboxylic acid groups (broad SMARTS) is 1. The van der Waals surface area contributed by atoms with E-state index in [-0.39, 0.29) is 64.2 Å². The van der Waals surface area contributed by atoms with Gasteiger partial charge in [-0.05, 0) is 121 Å². The van der Waals surface area contributed by atoms with E-state index >= 15 is 0 Å². The number of rotatable bonds is 26. The molecule has 0 aromatic heterocycles. The van der Waals surface area contributed by atoms with Gasteiger partial charge in [-0.1, -0.05) is 76.9 Å². The Kier molecular flexibility index (Phi) is 24.4. The van der Waals surface area contributed by atoms with Crippen molar-refractivity contribution in [3.63, 3.8) is 0 Å². The Morgan fingerprint density at radius 1 is 0.538 bits per heavy atom. The molecular weight excluding hydrogens is 1000 g/mol. The molecular formula is C63H73NaO14. The summed E-state index contributed by atoms with van der Waals surface area (Å²) in [6.45, 7) is 12.9. The number of para-hydroxylation sites is 2. The van der Waals surface area contributed by atoms with Gasteiger partial charge in [0.1, 0.15) is 63.1 Å². The number of carbonyl (C=O) groups is 2. The van der Waals surface area contributed by atoms with Gasteiger partial charge in [0.15, 0.2) is 0 Å². The normalized spacial score (nSPS) is 14.6. The molecule has 0 amide bonds. The van der Waals surface area contributed by atoms with Crippen molar-refractivity contribution < 1.29 is 97.1 Å². The molecule has 15 heteroatoms. The maximum Gasteiger partial charge on any atom is 1.00 e. The zero-order valence-electron chi connectivity index (χ0n) is 46.1. The van der Waals surface area contributed by atoms with Gasteiger partial charge in [0.05, 0.1) is 52.7 Å². The molecule has 0 spiro atoms. The van der Waals surface area contributed by atoms with Crippen LogP contribution >= 0.6 is 0 Å². The smallest absolute Gasteiger partial charge is 0.545 e. The zero-order valence-corrected chi connectivity index (χ0v) is 48.1. The van der Waals surface area contributed by atoms with Crippen molar-refractivity contribution in [1.29, 1.82) is 0 Å². The molecule has 2 heterocycles. The summed E-state index contributed by atoms with van der Waals surface area (Å²) in [5.41, 5.74) is 6.23. The quantitative estimate of drug-likeness (QED) is 0.0298. The second-order valence-electron chi connectivity index (χ2n) is 18.9. The van der Waals surface area contributed by atoms with Crippen molar-refractivity contribution in [3.05, 3.63) is 154 Å². The predicted octanol–water partition coefficient (Wildman–Crippen LogP) is 9.26. The van der Waals surface area contributed by atoms with Crippen LogP contribution in [0.5, 0.6) is 57.5 Å². The maximum absolute atomic E-state index is 12.2. The van der Waals surface area contributed by atoms with Crippen molar-refractivity contribution in [3.8, 4) is 57.5 Å². The van der Waals surface area contributed by atoms with Crippen LogP contribution in [0.25, 0.3) is 0 Å². The van der Waals surface area contributed by atoms with Crippen LogP contribution in [0.3, 0.4) is 0 Å². The molecule has 2 unspecified atom stereocenters. The van der Waals surface area contributed by atoms with Crippen molar-refractivity contribution in [1.82, 2.24) is 0 Å². The summed E-state index contributed by atoms with van der Waals surface area (Å²) in [6.07, 6.45) is 8.05. The molecule has 14 nitrogen and oxygen atoms in total. The fourth-order valence-corrected chi connectivity index (χ4v) is 9.49. The molecule has 0 bridgehead atoms. The number of benzene rings is 6. The number of aromatic hydroxyl groups is 2.